The second-order valence-electron chi connectivity index (χ2n) is 4.83. The van der Waals surface area contributed by atoms with E-state index >= 15 is 0 Å². The Labute approximate surface area is 136 Å². The highest BCUT2D eigenvalue weighted by atomic mass is 16.5. The maximum absolute atomic E-state index is 11.9. The van der Waals surface area contributed by atoms with Gasteiger partial charge in [-0.25, -0.2) is 0 Å². The average molecular weight is 331 g/mol. The van der Waals surface area contributed by atoms with Gasteiger partial charge in [0.1, 0.15) is 18.6 Å². The van der Waals surface area contributed by atoms with E-state index in [-0.39, 0.29) is 24.9 Å². The van der Waals surface area contributed by atoms with Crippen LogP contribution in [0.5, 0.6) is 5.75 Å². The number of amides is 2. The molecule has 0 unspecified atom stereocenters. The molecule has 2 heterocycles. The van der Waals surface area contributed by atoms with Crippen LogP contribution >= 0.6 is 0 Å². The monoisotopic (exact) mass is 331 g/mol. The molecule has 1 aliphatic rings. The Balaban J connectivity index is 1.55. The van der Waals surface area contributed by atoms with Crippen molar-refractivity contribution in [1.82, 2.24) is 5.16 Å². The Morgan fingerprint density at radius 1 is 1.29 bits per heavy atom. The van der Waals surface area contributed by atoms with Gasteiger partial charge in [0.25, 0.3) is 11.8 Å². The summed E-state index contributed by atoms with van der Waals surface area (Å²) < 4.78 is 14.7. The minimum absolute atomic E-state index is 0.156. The van der Waals surface area contributed by atoms with Gasteiger partial charge in [0, 0.05) is 6.07 Å². The summed E-state index contributed by atoms with van der Waals surface area (Å²) in [5.74, 6) is -0.916. The van der Waals surface area contributed by atoms with E-state index in [9.17, 15) is 14.4 Å². The normalized spacial score (nSPS) is 13.0. The second kappa shape index (κ2) is 6.82. The molecule has 124 valence electrons. The predicted octanol–water partition coefficient (Wildman–Crippen LogP) is 0.582. The molecule has 1 aromatic heterocycles. The third-order valence-corrected chi connectivity index (χ3v) is 3.17. The molecular formula is C15H13N3O6. The number of esters is 1. The molecule has 24 heavy (non-hydrogen) atoms. The van der Waals surface area contributed by atoms with E-state index in [1.165, 1.54) is 17.2 Å². The fourth-order valence-electron chi connectivity index (χ4n) is 2.10. The fraction of sp³-hybridized carbons (Fsp3) is 0.200. The number of nitrogens with one attached hydrogen (secondary N) is 1. The Morgan fingerprint density at radius 2 is 2.12 bits per heavy atom. The van der Waals surface area contributed by atoms with Crippen molar-refractivity contribution in [2.75, 3.05) is 30.0 Å². The molecule has 1 N–H and O–H groups in total. The SMILES string of the molecule is O=C(COC(=O)CN1C(=O)COc2ccccc21)Nc1ccon1. The number of para-hydroxylation sites is 2. The lowest BCUT2D eigenvalue weighted by molar-refractivity contribution is -0.146. The predicted molar refractivity (Wildman–Crippen MR) is 80.4 cm³/mol. The van der Waals surface area contributed by atoms with Crippen LogP contribution in [0, 0.1) is 0 Å². The highest BCUT2D eigenvalue weighted by Crippen LogP contribution is 2.31. The maximum Gasteiger partial charge on any atom is 0.326 e. The van der Waals surface area contributed by atoms with Crippen molar-refractivity contribution < 1.29 is 28.4 Å². The first-order valence-corrected chi connectivity index (χ1v) is 7.01. The van der Waals surface area contributed by atoms with Gasteiger partial charge in [-0.3, -0.25) is 19.3 Å². The van der Waals surface area contributed by atoms with E-state index in [2.05, 4.69) is 15.0 Å². The number of rotatable bonds is 5. The molecule has 2 aromatic rings. The molecule has 1 aromatic carbocycles. The molecule has 0 saturated heterocycles. The molecule has 0 radical (unpaired) electrons. The van der Waals surface area contributed by atoms with Crippen LogP contribution in [-0.2, 0) is 19.1 Å². The number of hydrogen-bond acceptors (Lipinski definition) is 7. The molecular weight excluding hydrogens is 318 g/mol. The summed E-state index contributed by atoms with van der Waals surface area (Å²) in [5.41, 5.74) is 0.484. The van der Waals surface area contributed by atoms with Gasteiger partial charge in [0.05, 0.1) is 5.69 Å². The molecule has 0 aliphatic carbocycles. The number of ether oxygens (including phenoxy) is 2. The molecule has 9 nitrogen and oxygen atoms in total. The number of nitrogens with zero attached hydrogens (tertiary/aromatic N) is 2. The van der Waals surface area contributed by atoms with Crippen LogP contribution in [0.2, 0.25) is 0 Å². The van der Waals surface area contributed by atoms with Crippen molar-refractivity contribution >= 4 is 29.3 Å². The highest BCUT2D eigenvalue weighted by Gasteiger charge is 2.27. The molecule has 2 amide bonds. The van der Waals surface area contributed by atoms with Gasteiger partial charge in [-0.2, -0.15) is 0 Å². The van der Waals surface area contributed by atoms with E-state index in [0.717, 1.165) is 0 Å². The van der Waals surface area contributed by atoms with Crippen molar-refractivity contribution in [3.05, 3.63) is 36.6 Å². The summed E-state index contributed by atoms with van der Waals surface area (Å²) in [7, 11) is 0. The van der Waals surface area contributed by atoms with Gasteiger partial charge in [0.15, 0.2) is 19.0 Å². The van der Waals surface area contributed by atoms with Crippen LogP contribution in [0.15, 0.2) is 41.1 Å². The average Bonchev–Trinajstić information content (AvgIpc) is 3.08. The van der Waals surface area contributed by atoms with E-state index in [1.807, 2.05) is 0 Å². The van der Waals surface area contributed by atoms with Crippen LogP contribution in [0.25, 0.3) is 0 Å². The molecule has 0 atom stereocenters. The summed E-state index contributed by atoms with van der Waals surface area (Å²) in [6, 6.07) is 8.30. The molecule has 0 saturated carbocycles. The van der Waals surface area contributed by atoms with Crippen molar-refractivity contribution in [2.24, 2.45) is 0 Å². The zero-order chi connectivity index (χ0) is 16.9. The third kappa shape index (κ3) is 3.51. The topological polar surface area (TPSA) is 111 Å². The lowest BCUT2D eigenvalue weighted by atomic mass is 10.2. The summed E-state index contributed by atoms with van der Waals surface area (Å²) in [5, 5.41) is 5.88. The zero-order valence-electron chi connectivity index (χ0n) is 12.4. The van der Waals surface area contributed by atoms with Crippen LogP contribution in [-0.4, -0.2) is 42.7 Å². The number of fused-ring (bicyclic) bond motifs is 1. The first-order chi connectivity index (χ1) is 11.6. The summed E-state index contributed by atoms with van der Waals surface area (Å²) in [6.45, 7) is -0.959. The van der Waals surface area contributed by atoms with Crippen molar-refractivity contribution in [2.45, 2.75) is 0 Å². The van der Waals surface area contributed by atoms with Gasteiger partial charge in [-0.15, -0.1) is 0 Å². The number of carbonyl (C=O) groups excluding carboxylic acids is 3. The standard InChI is InChI=1S/C15H13N3O6/c19-13(16-12-5-6-24-17-12)8-23-15(21)7-18-10-3-1-2-4-11(10)22-9-14(18)20/h1-6H,7-9H2,(H,16,17,19). The van der Waals surface area contributed by atoms with E-state index in [4.69, 9.17) is 9.47 Å². The fourth-order valence-corrected chi connectivity index (χ4v) is 2.10. The Bertz CT molecular complexity index is 758. The number of anilines is 2. The van der Waals surface area contributed by atoms with Crippen LogP contribution in [0.4, 0.5) is 11.5 Å². The van der Waals surface area contributed by atoms with E-state index in [0.29, 0.717) is 11.4 Å². The van der Waals surface area contributed by atoms with Crippen LogP contribution in [0.1, 0.15) is 0 Å². The molecule has 0 fully saturated rings. The van der Waals surface area contributed by atoms with Gasteiger partial charge in [-0.1, -0.05) is 17.3 Å². The smallest absolute Gasteiger partial charge is 0.326 e. The minimum atomic E-state index is -0.713. The number of aromatic nitrogens is 1. The van der Waals surface area contributed by atoms with Crippen molar-refractivity contribution in [3.8, 4) is 5.75 Å². The molecule has 3 rings (SSSR count). The van der Waals surface area contributed by atoms with Gasteiger partial charge in [0.2, 0.25) is 0 Å². The summed E-state index contributed by atoms with van der Waals surface area (Å²) in [6.07, 6.45) is 1.29. The van der Waals surface area contributed by atoms with E-state index < -0.39 is 18.5 Å². The Hall–Kier alpha value is -3.36. The van der Waals surface area contributed by atoms with Crippen molar-refractivity contribution in [3.63, 3.8) is 0 Å². The van der Waals surface area contributed by atoms with Crippen molar-refractivity contribution in [1.29, 1.82) is 0 Å². The minimum Gasteiger partial charge on any atom is -0.482 e. The quantitative estimate of drug-likeness (QED) is 0.798. The van der Waals surface area contributed by atoms with Crippen LogP contribution in [0.3, 0.4) is 0 Å². The molecule has 0 spiro atoms. The second-order valence-corrected chi connectivity index (χ2v) is 4.83. The van der Waals surface area contributed by atoms with E-state index in [1.54, 1.807) is 24.3 Å². The number of benzene rings is 1. The van der Waals surface area contributed by atoms with Gasteiger partial charge >= 0.3 is 5.97 Å². The first kappa shape index (κ1) is 15.5. The van der Waals surface area contributed by atoms with Gasteiger partial charge < -0.3 is 19.3 Å². The Kier molecular flexibility index (Phi) is 4.41. The molecule has 9 heteroatoms. The molecule has 0 bridgehead atoms. The first-order valence-electron chi connectivity index (χ1n) is 7.01. The van der Waals surface area contributed by atoms with Crippen LogP contribution < -0.4 is 15.0 Å². The lowest BCUT2D eigenvalue weighted by Gasteiger charge is -2.28. The third-order valence-electron chi connectivity index (χ3n) is 3.17. The summed E-state index contributed by atoms with van der Waals surface area (Å²) >= 11 is 0. The number of hydrogen-bond donors (Lipinski definition) is 1. The Morgan fingerprint density at radius 3 is 2.92 bits per heavy atom. The van der Waals surface area contributed by atoms with Gasteiger partial charge in [-0.05, 0) is 12.1 Å². The number of carbonyl (C=O) groups is 3. The zero-order valence-corrected chi connectivity index (χ0v) is 12.4. The highest BCUT2D eigenvalue weighted by molar-refractivity contribution is 6.01. The summed E-state index contributed by atoms with van der Waals surface area (Å²) in [4.78, 5) is 36.7. The maximum atomic E-state index is 11.9. The lowest BCUT2D eigenvalue weighted by Crippen LogP contribution is -2.42. The largest absolute Gasteiger partial charge is 0.482 e. The molecule has 1 aliphatic heterocycles.